The van der Waals surface area contributed by atoms with E-state index in [-0.39, 0.29) is 0 Å². The van der Waals surface area contributed by atoms with E-state index < -0.39 is 17.4 Å². The molecule has 0 heterocycles. The van der Waals surface area contributed by atoms with Crippen LogP contribution in [-0.2, 0) is 17.8 Å². The number of aryl methyl sites for hydroxylation is 1. The maximum absolute atomic E-state index is 12.1. The van der Waals surface area contributed by atoms with Crippen LogP contribution in [0, 0.1) is 0 Å². The summed E-state index contributed by atoms with van der Waals surface area (Å²) in [5.41, 5.74) is 1.56. The van der Waals surface area contributed by atoms with Gasteiger partial charge in [0.2, 0.25) is 0 Å². The van der Waals surface area contributed by atoms with Crippen molar-refractivity contribution >= 4 is 35.4 Å². The number of halogens is 1. The van der Waals surface area contributed by atoms with E-state index >= 15 is 0 Å². The lowest BCUT2D eigenvalue weighted by molar-refractivity contribution is -0.143. The SMILES string of the molecule is CC(C)(NC(=O)c1ccc(CNSc2ccc(Cl)cc2)cc1)C(=O)O.CCCc1ccccc1. The van der Waals surface area contributed by atoms with E-state index in [1.165, 1.54) is 44.2 Å². The Morgan fingerprint density at radius 2 is 1.53 bits per heavy atom. The molecule has 0 aliphatic heterocycles. The highest BCUT2D eigenvalue weighted by atomic mass is 35.5. The summed E-state index contributed by atoms with van der Waals surface area (Å²) < 4.78 is 3.23. The van der Waals surface area contributed by atoms with Gasteiger partial charge < -0.3 is 10.4 Å². The highest BCUT2D eigenvalue weighted by molar-refractivity contribution is 7.97. The summed E-state index contributed by atoms with van der Waals surface area (Å²) in [5, 5.41) is 12.2. The molecule has 3 aromatic rings. The summed E-state index contributed by atoms with van der Waals surface area (Å²) in [7, 11) is 0. The van der Waals surface area contributed by atoms with Crippen molar-refractivity contribution in [3.8, 4) is 0 Å². The largest absolute Gasteiger partial charge is 0.480 e. The fourth-order valence-electron chi connectivity index (χ4n) is 2.82. The van der Waals surface area contributed by atoms with E-state index in [0.29, 0.717) is 17.1 Å². The van der Waals surface area contributed by atoms with Crippen molar-refractivity contribution in [2.75, 3.05) is 0 Å². The topological polar surface area (TPSA) is 78.4 Å². The normalized spacial score (nSPS) is 10.7. The average molecular weight is 499 g/mol. The van der Waals surface area contributed by atoms with Crippen LogP contribution in [-0.4, -0.2) is 22.5 Å². The first-order valence-corrected chi connectivity index (χ1v) is 12.2. The molecule has 0 unspecified atom stereocenters. The third-order valence-corrected chi connectivity index (χ3v) is 5.89. The van der Waals surface area contributed by atoms with Crippen LogP contribution in [0.1, 0.15) is 48.7 Å². The summed E-state index contributed by atoms with van der Waals surface area (Å²) in [6, 6.07) is 25.1. The van der Waals surface area contributed by atoms with Crippen molar-refractivity contribution in [2.45, 2.75) is 50.6 Å². The second kappa shape index (κ2) is 13.8. The van der Waals surface area contributed by atoms with Gasteiger partial charge in [-0.05, 0) is 79.7 Å². The number of carbonyl (C=O) groups is 2. The van der Waals surface area contributed by atoms with Gasteiger partial charge in [0, 0.05) is 22.0 Å². The van der Waals surface area contributed by atoms with Crippen LogP contribution in [0.25, 0.3) is 0 Å². The Morgan fingerprint density at radius 1 is 0.912 bits per heavy atom. The minimum absolute atomic E-state index is 0.414. The Kier molecular flexibility index (Phi) is 11.1. The highest BCUT2D eigenvalue weighted by Crippen LogP contribution is 2.18. The first-order valence-electron chi connectivity index (χ1n) is 11.1. The van der Waals surface area contributed by atoms with E-state index in [2.05, 4.69) is 47.3 Å². The molecule has 7 heteroatoms. The number of benzene rings is 3. The van der Waals surface area contributed by atoms with Gasteiger partial charge in [0.05, 0.1) is 0 Å². The molecular weight excluding hydrogens is 468 g/mol. The molecule has 0 aliphatic carbocycles. The van der Waals surface area contributed by atoms with E-state index in [1.807, 2.05) is 36.4 Å². The molecule has 5 nitrogen and oxygen atoms in total. The molecule has 3 aromatic carbocycles. The Bertz CT molecular complexity index is 1040. The van der Waals surface area contributed by atoms with Crippen molar-refractivity contribution in [3.05, 3.63) is 101 Å². The molecule has 0 bridgehead atoms. The zero-order valence-corrected chi connectivity index (χ0v) is 21.2. The molecule has 3 N–H and O–H groups in total. The van der Waals surface area contributed by atoms with Gasteiger partial charge in [-0.3, -0.25) is 9.52 Å². The van der Waals surface area contributed by atoms with E-state index in [4.69, 9.17) is 16.7 Å². The summed E-state index contributed by atoms with van der Waals surface area (Å²) in [6.07, 6.45) is 2.45. The third-order valence-electron chi connectivity index (χ3n) is 4.84. The maximum Gasteiger partial charge on any atom is 0.328 e. The molecule has 0 spiro atoms. The number of hydrogen-bond acceptors (Lipinski definition) is 4. The molecule has 34 heavy (non-hydrogen) atoms. The molecule has 3 rings (SSSR count). The molecule has 0 fully saturated rings. The summed E-state index contributed by atoms with van der Waals surface area (Å²) >= 11 is 7.34. The van der Waals surface area contributed by atoms with Crippen LogP contribution in [0.2, 0.25) is 5.02 Å². The smallest absolute Gasteiger partial charge is 0.328 e. The number of carboxylic acids is 1. The van der Waals surface area contributed by atoms with Crippen LogP contribution in [0.3, 0.4) is 0 Å². The van der Waals surface area contributed by atoms with Gasteiger partial charge in [0.25, 0.3) is 5.91 Å². The van der Waals surface area contributed by atoms with Crippen LogP contribution in [0.4, 0.5) is 0 Å². The van der Waals surface area contributed by atoms with Gasteiger partial charge in [-0.1, -0.05) is 67.4 Å². The number of rotatable bonds is 9. The Hall–Kier alpha value is -2.80. The van der Waals surface area contributed by atoms with Crippen molar-refractivity contribution in [3.63, 3.8) is 0 Å². The summed E-state index contributed by atoms with van der Waals surface area (Å²) in [4.78, 5) is 24.2. The van der Waals surface area contributed by atoms with E-state index in [9.17, 15) is 9.59 Å². The maximum atomic E-state index is 12.1. The van der Waals surface area contributed by atoms with Crippen LogP contribution in [0.15, 0.2) is 83.8 Å². The molecule has 0 radical (unpaired) electrons. The van der Waals surface area contributed by atoms with Crippen molar-refractivity contribution in [1.82, 2.24) is 10.0 Å². The van der Waals surface area contributed by atoms with Gasteiger partial charge in [-0.15, -0.1) is 0 Å². The van der Waals surface area contributed by atoms with Crippen LogP contribution in [0.5, 0.6) is 0 Å². The van der Waals surface area contributed by atoms with Crippen molar-refractivity contribution in [2.24, 2.45) is 0 Å². The second-order valence-electron chi connectivity index (χ2n) is 8.19. The molecule has 0 saturated heterocycles. The molecule has 1 amide bonds. The minimum atomic E-state index is -1.31. The monoisotopic (exact) mass is 498 g/mol. The lowest BCUT2D eigenvalue weighted by Gasteiger charge is -2.21. The predicted molar refractivity (Wildman–Crippen MR) is 140 cm³/mol. The van der Waals surface area contributed by atoms with Crippen LogP contribution >= 0.6 is 23.5 Å². The zero-order chi connectivity index (χ0) is 25.0. The summed E-state index contributed by atoms with van der Waals surface area (Å²) in [5.74, 6) is -1.50. The Labute approximate surface area is 211 Å². The average Bonchev–Trinajstić information content (AvgIpc) is 2.82. The molecule has 0 aliphatic rings. The third kappa shape index (κ3) is 9.59. The number of hydrogen-bond donors (Lipinski definition) is 3. The number of carbonyl (C=O) groups excluding carboxylic acids is 1. The summed E-state index contributed by atoms with van der Waals surface area (Å²) in [6.45, 7) is 5.71. The number of aliphatic carboxylic acids is 1. The number of amides is 1. The predicted octanol–water partition coefficient (Wildman–Crippen LogP) is 6.37. The fourth-order valence-corrected chi connectivity index (χ4v) is 3.63. The molecule has 180 valence electrons. The lowest BCUT2D eigenvalue weighted by Crippen LogP contribution is -2.49. The van der Waals surface area contributed by atoms with Gasteiger partial charge in [-0.25, -0.2) is 4.79 Å². The van der Waals surface area contributed by atoms with E-state index in [0.717, 1.165) is 10.5 Å². The Balaban J connectivity index is 0.000000379. The van der Waals surface area contributed by atoms with Gasteiger partial charge >= 0.3 is 5.97 Å². The quantitative estimate of drug-likeness (QED) is 0.299. The van der Waals surface area contributed by atoms with Crippen molar-refractivity contribution < 1.29 is 14.7 Å². The fraction of sp³-hybridized carbons (Fsp3) is 0.259. The molecular formula is C27H31ClN2O3S. The minimum Gasteiger partial charge on any atom is -0.480 e. The van der Waals surface area contributed by atoms with Crippen molar-refractivity contribution in [1.29, 1.82) is 0 Å². The van der Waals surface area contributed by atoms with Gasteiger partial charge in [0.15, 0.2) is 0 Å². The highest BCUT2D eigenvalue weighted by Gasteiger charge is 2.29. The zero-order valence-electron chi connectivity index (χ0n) is 19.7. The first kappa shape index (κ1) is 27.4. The number of nitrogens with one attached hydrogen (secondary N) is 2. The lowest BCUT2D eigenvalue weighted by atomic mass is 10.0. The van der Waals surface area contributed by atoms with E-state index in [1.54, 1.807) is 12.1 Å². The Morgan fingerprint density at radius 3 is 2.09 bits per heavy atom. The molecule has 0 atom stereocenters. The van der Waals surface area contributed by atoms with Gasteiger partial charge in [-0.2, -0.15) is 0 Å². The van der Waals surface area contributed by atoms with Gasteiger partial charge in [0.1, 0.15) is 5.54 Å². The first-order chi connectivity index (χ1) is 16.2. The van der Waals surface area contributed by atoms with Crippen LogP contribution < -0.4 is 10.0 Å². The molecule has 0 saturated carbocycles. The molecule has 0 aromatic heterocycles. The second-order valence-corrected chi connectivity index (χ2v) is 9.59. The standard InChI is InChI=1S/C18H19ClN2O3S.C9H12/c1-18(2,17(23)24)21-16(22)13-5-3-12(4-6-13)11-20-25-15-9-7-14(19)8-10-15;1-2-6-9-7-4-3-5-8-9/h3-10,20H,11H2,1-2H3,(H,21,22)(H,23,24);3-5,7-8H,2,6H2,1H3. The number of carboxylic acid groups (broad SMARTS) is 1.